The van der Waals surface area contributed by atoms with E-state index < -0.39 is 56.0 Å². The van der Waals surface area contributed by atoms with Crippen LogP contribution >= 0.6 is 0 Å². The van der Waals surface area contributed by atoms with E-state index in [4.69, 9.17) is 0 Å². The number of amides is 1. The standard InChI is InChI=1S/C26H25F2N7O8S.3K/c1-15(36)31-22-10-17(34(8-2-4-23(37)38)9-3-5-24(39)40)6-7-21(22)32-33-26-16(13-29)14-30-35(26)25-19(27)11-18(12-20(25)28)44(41,42)43;;;/h6-7,10-12,14H,2-5,8-9H2,1H3,(H,31,36)(H,37,38)(H,39,40)(H,41,42,43);;;/q;3*+1/p-3. The van der Waals surface area contributed by atoms with Gasteiger partial charge in [0.15, 0.2) is 17.5 Å². The molecule has 3 rings (SSSR count). The average Bonchev–Trinajstić information content (AvgIpc) is 3.32. The molecule has 0 radical (unpaired) electrons. The Balaban J connectivity index is 0.00000705. The number of aromatic nitrogens is 2. The van der Waals surface area contributed by atoms with Crippen molar-refractivity contribution in [3.63, 3.8) is 0 Å². The van der Waals surface area contributed by atoms with Crippen molar-refractivity contribution in [2.75, 3.05) is 23.3 Å². The number of benzene rings is 2. The molecule has 0 fully saturated rings. The van der Waals surface area contributed by atoms with E-state index in [2.05, 4.69) is 20.6 Å². The van der Waals surface area contributed by atoms with Gasteiger partial charge in [0, 0.05) is 37.6 Å². The second-order valence-electron chi connectivity index (χ2n) is 9.12. The first-order valence-corrected chi connectivity index (χ1v) is 14.0. The maximum absolute atomic E-state index is 14.8. The van der Waals surface area contributed by atoms with Gasteiger partial charge in [-0.15, -0.1) is 10.2 Å². The smallest absolute Gasteiger partial charge is 0.744 e. The number of nitrogens with one attached hydrogen (secondary N) is 1. The summed E-state index contributed by atoms with van der Waals surface area (Å²) in [4.78, 5) is 34.2. The molecule has 0 saturated carbocycles. The molecule has 0 saturated heterocycles. The zero-order chi connectivity index (χ0) is 32.6. The molecule has 1 aromatic heterocycles. The first-order valence-electron chi connectivity index (χ1n) is 12.6. The number of hydrogen-bond acceptors (Lipinski definition) is 13. The summed E-state index contributed by atoms with van der Waals surface area (Å²) in [5, 5.41) is 45.4. The van der Waals surface area contributed by atoms with Crippen LogP contribution in [0.1, 0.15) is 38.2 Å². The molecule has 47 heavy (non-hydrogen) atoms. The Hall–Kier alpha value is -0.371. The van der Waals surface area contributed by atoms with Crippen molar-refractivity contribution in [3.8, 4) is 11.8 Å². The Kier molecular flexibility index (Phi) is 21.6. The third-order valence-corrected chi connectivity index (χ3v) is 6.69. The van der Waals surface area contributed by atoms with Gasteiger partial charge in [-0.3, -0.25) is 4.79 Å². The monoisotopic (exact) mass is 747 g/mol. The van der Waals surface area contributed by atoms with Crippen molar-refractivity contribution in [2.24, 2.45) is 10.2 Å². The van der Waals surface area contributed by atoms with Crippen LogP contribution in [0.15, 0.2) is 51.7 Å². The number of nitrogens with zero attached hydrogens (tertiary/aromatic N) is 6. The minimum absolute atomic E-state index is 0. The van der Waals surface area contributed by atoms with Crippen LogP contribution in [0.25, 0.3) is 5.69 Å². The molecule has 1 heterocycles. The minimum Gasteiger partial charge on any atom is -0.744 e. The summed E-state index contributed by atoms with van der Waals surface area (Å²) < 4.78 is 63.8. The van der Waals surface area contributed by atoms with Gasteiger partial charge >= 0.3 is 154 Å². The first kappa shape index (κ1) is 46.6. The van der Waals surface area contributed by atoms with Crippen LogP contribution in [-0.4, -0.2) is 53.7 Å². The van der Waals surface area contributed by atoms with Crippen molar-refractivity contribution >= 4 is 50.8 Å². The van der Waals surface area contributed by atoms with E-state index in [0.29, 0.717) is 10.4 Å². The number of aliphatic carboxylic acids is 2. The number of rotatable bonds is 14. The number of halogens is 2. The molecule has 0 aliphatic heterocycles. The van der Waals surface area contributed by atoms with E-state index in [0.717, 1.165) is 6.20 Å². The van der Waals surface area contributed by atoms with E-state index in [-0.39, 0.29) is 222 Å². The largest absolute Gasteiger partial charge is 1.00 e. The van der Waals surface area contributed by atoms with Crippen molar-refractivity contribution < 1.29 is 201 Å². The van der Waals surface area contributed by atoms with Gasteiger partial charge in [0.1, 0.15) is 33.1 Å². The van der Waals surface area contributed by atoms with Crippen molar-refractivity contribution in [3.05, 3.63) is 53.7 Å². The van der Waals surface area contributed by atoms with Gasteiger partial charge in [0.05, 0.1) is 16.8 Å². The van der Waals surface area contributed by atoms with Crippen LogP contribution in [0, 0.1) is 23.0 Å². The van der Waals surface area contributed by atoms with Crippen molar-refractivity contribution in [1.29, 1.82) is 5.26 Å². The van der Waals surface area contributed by atoms with E-state index in [1.807, 2.05) is 0 Å². The number of hydrogen-bond donors (Lipinski definition) is 1. The van der Waals surface area contributed by atoms with Gasteiger partial charge in [-0.25, -0.2) is 21.9 Å². The maximum atomic E-state index is 14.8. The van der Waals surface area contributed by atoms with Crippen LogP contribution in [-0.2, 0) is 24.5 Å². The van der Waals surface area contributed by atoms with Crippen LogP contribution in [0.5, 0.6) is 0 Å². The first-order chi connectivity index (χ1) is 20.7. The molecule has 0 unspecified atom stereocenters. The minimum atomic E-state index is -5.20. The number of carbonyl (C=O) groups excluding carboxylic acids is 3. The zero-order valence-corrected chi connectivity index (χ0v) is 36.0. The summed E-state index contributed by atoms with van der Waals surface area (Å²) >= 11 is 0. The van der Waals surface area contributed by atoms with Crippen LogP contribution in [0.4, 0.5) is 31.7 Å². The second kappa shape index (κ2) is 21.8. The number of nitriles is 1. The molecular formula is C26H22F2K3N7O8S. The number of azo groups is 1. The van der Waals surface area contributed by atoms with E-state index in [1.54, 1.807) is 11.0 Å². The van der Waals surface area contributed by atoms with Gasteiger partial charge in [-0.2, -0.15) is 10.4 Å². The Labute approximate surface area is 395 Å². The third-order valence-electron chi connectivity index (χ3n) is 5.88. The molecule has 1 N–H and O–H groups in total. The Morgan fingerprint density at radius 2 is 1.55 bits per heavy atom. The summed E-state index contributed by atoms with van der Waals surface area (Å²) in [6.07, 6.45) is 0.738. The van der Waals surface area contributed by atoms with Crippen LogP contribution < -0.4 is 175 Å². The maximum Gasteiger partial charge on any atom is 1.00 e. The molecule has 0 atom stereocenters. The molecule has 0 aliphatic rings. The quantitative estimate of drug-likeness (QED) is 0.0924. The van der Waals surface area contributed by atoms with Gasteiger partial charge in [-0.05, 0) is 56.0 Å². The molecule has 3 aromatic rings. The predicted octanol–water partition coefficient (Wildman–Crippen LogP) is -7.82. The Bertz CT molecular complexity index is 1740. The van der Waals surface area contributed by atoms with Gasteiger partial charge in [0.2, 0.25) is 5.91 Å². The molecule has 1 amide bonds. The van der Waals surface area contributed by atoms with E-state index >= 15 is 0 Å². The molecule has 21 heteroatoms. The Morgan fingerprint density at radius 1 is 1.00 bits per heavy atom. The number of anilines is 2. The molecular weight excluding hydrogens is 726 g/mol. The topological polar surface area (TPSA) is 236 Å². The Morgan fingerprint density at radius 3 is 2.02 bits per heavy atom. The zero-order valence-electron chi connectivity index (χ0n) is 25.8. The fourth-order valence-electron chi connectivity index (χ4n) is 3.97. The van der Waals surface area contributed by atoms with E-state index in [1.165, 1.54) is 25.1 Å². The van der Waals surface area contributed by atoms with Gasteiger partial charge < -0.3 is 34.6 Å². The average molecular weight is 748 g/mol. The molecule has 232 valence electrons. The molecule has 15 nitrogen and oxygen atoms in total. The summed E-state index contributed by atoms with van der Waals surface area (Å²) in [6, 6.07) is 6.66. The second-order valence-corrected chi connectivity index (χ2v) is 10.5. The normalized spacial score (nSPS) is 10.6. The molecule has 0 spiro atoms. The SMILES string of the molecule is CC(=O)Nc1cc(N(CCCC(=O)[O-])CCCC(=O)[O-])ccc1N=Nc1c(C#N)cnn1-c1c(F)cc(S(=O)(=O)[O-])cc1F.[K+].[K+].[K+]. The summed E-state index contributed by atoms with van der Waals surface area (Å²) in [5.41, 5.74) is -0.717. The fourth-order valence-corrected chi connectivity index (χ4v) is 4.46. The molecule has 0 aliphatic carbocycles. The number of carboxylic acids is 2. The van der Waals surface area contributed by atoms with Gasteiger partial charge in [0.25, 0.3) is 0 Å². The third kappa shape index (κ3) is 14.0. The van der Waals surface area contributed by atoms with Crippen LogP contribution in [0.3, 0.4) is 0 Å². The van der Waals surface area contributed by atoms with Crippen LogP contribution in [0.2, 0.25) is 0 Å². The van der Waals surface area contributed by atoms with Gasteiger partial charge in [-0.1, -0.05) is 0 Å². The summed E-state index contributed by atoms with van der Waals surface area (Å²) in [6.45, 7) is 1.58. The predicted molar refractivity (Wildman–Crippen MR) is 142 cm³/mol. The molecule has 2 aromatic carbocycles. The number of carboxylic acid groups (broad SMARTS) is 2. The van der Waals surface area contributed by atoms with E-state index in [9.17, 15) is 51.6 Å². The number of carbonyl (C=O) groups is 3. The summed E-state index contributed by atoms with van der Waals surface area (Å²) in [7, 11) is -5.20. The molecule has 0 bridgehead atoms. The summed E-state index contributed by atoms with van der Waals surface area (Å²) in [5.74, 6) is -6.53. The fraction of sp³-hybridized carbons (Fsp3) is 0.269. The van der Waals surface area contributed by atoms with Crippen molar-refractivity contribution in [2.45, 2.75) is 37.5 Å². The van der Waals surface area contributed by atoms with Crippen molar-refractivity contribution in [1.82, 2.24) is 9.78 Å².